The molecule has 2 aromatic rings. The molecular formula is C14H15FN4. The molecule has 0 aliphatic heterocycles. The van der Waals surface area contributed by atoms with Gasteiger partial charge in [0.2, 0.25) is 0 Å². The minimum absolute atomic E-state index is 0.230. The number of rotatable bonds is 4. The topological polar surface area (TPSA) is 53.6 Å². The number of nitrogens with one attached hydrogen (secondary N) is 1. The van der Waals surface area contributed by atoms with Gasteiger partial charge in [0.15, 0.2) is 0 Å². The predicted octanol–water partition coefficient (Wildman–Crippen LogP) is 2.39. The highest BCUT2D eigenvalue weighted by Gasteiger charge is 2.11. The van der Waals surface area contributed by atoms with Gasteiger partial charge in [-0.25, -0.2) is 4.39 Å². The molecule has 0 aliphatic rings. The average Bonchev–Trinajstić information content (AvgIpc) is 2.64. The molecule has 0 amide bonds. The van der Waals surface area contributed by atoms with Crippen LogP contribution in [0.3, 0.4) is 0 Å². The van der Waals surface area contributed by atoms with Crippen molar-refractivity contribution in [2.24, 2.45) is 7.05 Å². The first-order valence-corrected chi connectivity index (χ1v) is 6.04. The number of benzene rings is 1. The summed E-state index contributed by atoms with van der Waals surface area (Å²) in [5, 5.41) is 16.4. The number of aryl methyl sites for hydroxylation is 2. The number of aromatic nitrogens is 2. The lowest BCUT2D eigenvalue weighted by atomic mass is 10.1. The number of hydrogen-bond acceptors (Lipinski definition) is 3. The van der Waals surface area contributed by atoms with Crippen LogP contribution in [0.4, 0.5) is 10.2 Å². The number of nitriles is 1. The third-order valence-corrected chi connectivity index (χ3v) is 2.93. The summed E-state index contributed by atoms with van der Waals surface area (Å²) < 4.78 is 14.7. The Bertz CT molecular complexity index is 625. The van der Waals surface area contributed by atoms with Gasteiger partial charge in [-0.3, -0.25) is 4.68 Å². The minimum Gasteiger partial charge on any atom is -0.369 e. The lowest BCUT2D eigenvalue weighted by Crippen LogP contribution is -2.09. The van der Waals surface area contributed by atoms with Gasteiger partial charge in [-0.2, -0.15) is 10.4 Å². The summed E-state index contributed by atoms with van der Waals surface area (Å²) in [5.41, 5.74) is 2.19. The lowest BCUT2D eigenvalue weighted by molar-refractivity contribution is 0.625. The van der Waals surface area contributed by atoms with Crippen LogP contribution in [0.1, 0.15) is 16.8 Å². The van der Waals surface area contributed by atoms with Crippen LogP contribution in [-0.2, 0) is 13.5 Å². The van der Waals surface area contributed by atoms with Crippen molar-refractivity contribution in [3.8, 4) is 6.07 Å². The van der Waals surface area contributed by atoms with Gasteiger partial charge in [0, 0.05) is 13.6 Å². The highest BCUT2D eigenvalue weighted by molar-refractivity contribution is 5.55. The molecule has 0 spiro atoms. The van der Waals surface area contributed by atoms with Crippen LogP contribution in [0, 0.1) is 24.1 Å². The van der Waals surface area contributed by atoms with E-state index < -0.39 is 0 Å². The quantitative estimate of drug-likeness (QED) is 0.916. The monoisotopic (exact) mass is 258 g/mol. The Labute approximate surface area is 111 Å². The molecule has 0 saturated carbocycles. The van der Waals surface area contributed by atoms with Crippen molar-refractivity contribution in [1.29, 1.82) is 5.26 Å². The van der Waals surface area contributed by atoms with E-state index in [1.54, 1.807) is 24.7 Å². The first kappa shape index (κ1) is 13.1. The Morgan fingerprint density at radius 2 is 2.26 bits per heavy atom. The maximum absolute atomic E-state index is 13.0. The Morgan fingerprint density at radius 3 is 2.95 bits per heavy atom. The lowest BCUT2D eigenvalue weighted by Gasteiger charge is -2.07. The molecule has 1 heterocycles. The first-order valence-electron chi connectivity index (χ1n) is 6.04. The van der Waals surface area contributed by atoms with E-state index in [4.69, 9.17) is 5.26 Å². The summed E-state index contributed by atoms with van der Waals surface area (Å²) >= 11 is 0. The summed E-state index contributed by atoms with van der Waals surface area (Å²) in [6.45, 7) is 2.42. The summed E-state index contributed by atoms with van der Waals surface area (Å²) in [6.07, 6.45) is 0.687. The van der Waals surface area contributed by atoms with Crippen LogP contribution in [-0.4, -0.2) is 16.3 Å². The standard InChI is InChI=1S/C14H15FN4/c1-10-13(9-16)14(19(2)18-10)17-7-6-11-4-3-5-12(15)8-11/h3-5,8,17H,6-7H2,1-2H3. The number of anilines is 1. The first-order chi connectivity index (χ1) is 9.11. The van der Waals surface area contributed by atoms with Gasteiger partial charge in [0.25, 0.3) is 0 Å². The van der Waals surface area contributed by atoms with Gasteiger partial charge in [0.05, 0.1) is 5.69 Å². The maximum Gasteiger partial charge on any atom is 0.142 e. The van der Waals surface area contributed by atoms with E-state index >= 15 is 0 Å². The zero-order valence-electron chi connectivity index (χ0n) is 10.9. The Morgan fingerprint density at radius 1 is 1.47 bits per heavy atom. The molecule has 5 heteroatoms. The summed E-state index contributed by atoms with van der Waals surface area (Å²) in [5.74, 6) is 0.475. The molecule has 0 saturated heterocycles. The molecule has 0 radical (unpaired) electrons. The fourth-order valence-electron chi connectivity index (χ4n) is 2.01. The molecule has 1 aromatic carbocycles. The van der Waals surface area contributed by atoms with Crippen molar-refractivity contribution >= 4 is 5.82 Å². The molecule has 0 atom stereocenters. The maximum atomic E-state index is 13.0. The summed E-state index contributed by atoms with van der Waals surface area (Å²) in [6, 6.07) is 8.65. The molecule has 1 aromatic heterocycles. The van der Waals surface area contributed by atoms with Crippen LogP contribution in [0.5, 0.6) is 0 Å². The van der Waals surface area contributed by atoms with Crippen molar-refractivity contribution < 1.29 is 4.39 Å². The van der Waals surface area contributed by atoms with Gasteiger partial charge in [-0.15, -0.1) is 0 Å². The normalized spacial score (nSPS) is 10.2. The van der Waals surface area contributed by atoms with E-state index in [1.165, 1.54) is 12.1 Å². The molecule has 0 fully saturated rings. The Balaban J connectivity index is 2.02. The number of hydrogen-bond donors (Lipinski definition) is 1. The highest BCUT2D eigenvalue weighted by Crippen LogP contribution is 2.17. The summed E-state index contributed by atoms with van der Waals surface area (Å²) in [7, 11) is 1.79. The molecule has 4 nitrogen and oxygen atoms in total. The molecule has 0 bridgehead atoms. The van der Waals surface area contributed by atoms with Gasteiger partial charge in [0.1, 0.15) is 23.3 Å². The predicted molar refractivity (Wildman–Crippen MR) is 71.3 cm³/mol. The van der Waals surface area contributed by atoms with Gasteiger partial charge in [-0.05, 0) is 31.0 Å². The van der Waals surface area contributed by atoms with E-state index in [0.29, 0.717) is 30.0 Å². The molecular weight excluding hydrogens is 243 g/mol. The van der Waals surface area contributed by atoms with Crippen molar-refractivity contribution in [1.82, 2.24) is 9.78 Å². The minimum atomic E-state index is -0.230. The molecule has 2 rings (SSSR count). The van der Waals surface area contributed by atoms with Gasteiger partial charge in [-0.1, -0.05) is 12.1 Å². The molecule has 98 valence electrons. The van der Waals surface area contributed by atoms with E-state index in [2.05, 4.69) is 16.5 Å². The average molecular weight is 258 g/mol. The zero-order chi connectivity index (χ0) is 13.8. The van der Waals surface area contributed by atoms with E-state index in [-0.39, 0.29) is 5.82 Å². The molecule has 19 heavy (non-hydrogen) atoms. The third kappa shape index (κ3) is 2.91. The second kappa shape index (κ2) is 5.53. The van der Waals surface area contributed by atoms with Crippen molar-refractivity contribution in [2.75, 3.05) is 11.9 Å². The van der Waals surface area contributed by atoms with Gasteiger partial charge < -0.3 is 5.32 Å². The fraction of sp³-hybridized carbons (Fsp3) is 0.286. The SMILES string of the molecule is Cc1nn(C)c(NCCc2cccc(F)c2)c1C#N. The zero-order valence-corrected chi connectivity index (χ0v) is 10.9. The molecule has 0 aliphatic carbocycles. The van der Waals surface area contributed by atoms with Crippen molar-refractivity contribution in [2.45, 2.75) is 13.3 Å². The third-order valence-electron chi connectivity index (χ3n) is 2.93. The second-order valence-electron chi connectivity index (χ2n) is 4.35. The largest absolute Gasteiger partial charge is 0.369 e. The Hall–Kier alpha value is -2.35. The van der Waals surface area contributed by atoms with Crippen LogP contribution in [0.2, 0.25) is 0 Å². The van der Waals surface area contributed by atoms with Crippen molar-refractivity contribution in [3.05, 3.63) is 46.9 Å². The number of nitrogens with zero attached hydrogens (tertiary/aromatic N) is 3. The van der Waals surface area contributed by atoms with E-state index in [0.717, 1.165) is 5.56 Å². The van der Waals surface area contributed by atoms with Crippen LogP contribution >= 0.6 is 0 Å². The number of halogens is 1. The van der Waals surface area contributed by atoms with E-state index in [9.17, 15) is 4.39 Å². The molecule has 1 N–H and O–H groups in total. The highest BCUT2D eigenvalue weighted by atomic mass is 19.1. The fourth-order valence-corrected chi connectivity index (χ4v) is 2.01. The van der Waals surface area contributed by atoms with Gasteiger partial charge >= 0.3 is 0 Å². The smallest absolute Gasteiger partial charge is 0.142 e. The van der Waals surface area contributed by atoms with Crippen LogP contribution in [0.25, 0.3) is 0 Å². The van der Waals surface area contributed by atoms with Crippen LogP contribution in [0.15, 0.2) is 24.3 Å². The molecule has 0 unspecified atom stereocenters. The summed E-state index contributed by atoms with van der Waals surface area (Å²) in [4.78, 5) is 0. The Kier molecular flexibility index (Phi) is 3.81. The van der Waals surface area contributed by atoms with Crippen molar-refractivity contribution in [3.63, 3.8) is 0 Å². The van der Waals surface area contributed by atoms with Crippen LogP contribution < -0.4 is 5.32 Å². The van der Waals surface area contributed by atoms with E-state index in [1.807, 2.05) is 6.07 Å². The second-order valence-corrected chi connectivity index (χ2v) is 4.35.